The van der Waals surface area contributed by atoms with Gasteiger partial charge in [0.05, 0.1) is 23.0 Å². The first-order valence-electron chi connectivity index (χ1n) is 8.19. The Hall–Kier alpha value is -3.01. The minimum Gasteiger partial charge on any atom is -0.475 e. The number of ether oxygens (including phenoxy) is 3. The van der Waals surface area contributed by atoms with Crippen LogP contribution in [0.4, 0.5) is 8.78 Å². The van der Waals surface area contributed by atoms with E-state index >= 15 is 0 Å². The van der Waals surface area contributed by atoms with Crippen molar-refractivity contribution in [3.05, 3.63) is 47.4 Å². The molecular weight excluding hydrogens is 396 g/mol. The molecule has 28 heavy (non-hydrogen) atoms. The van der Waals surface area contributed by atoms with Crippen LogP contribution in [-0.4, -0.2) is 37.7 Å². The van der Waals surface area contributed by atoms with Crippen LogP contribution >= 0.6 is 11.6 Å². The molecule has 0 atom stereocenters. The Balaban J connectivity index is 1.68. The van der Waals surface area contributed by atoms with Gasteiger partial charge in [0.2, 0.25) is 5.88 Å². The summed E-state index contributed by atoms with van der Waals surface area (Å²) in [6, 6.07) is 6.12. The maximum absolute atomic E-state index is 12.4. The highest BCUT2D eigenvalue weighted by molar-refractivity contribution is 6.32. The Bertz CT molecular complexity index is 939. The maximum atomic E-state index is 12.4. The molecule has 0 spiro atoms. The number of aromatic nitrogens is 5. The lowest BCUT2D eigenvalue weighted by atomic mass is 10.3. The number of halogens is 3. The van der Waals surface area contributed by atoms with Crippen LogP contribution < -0.4 is 14.2 Å². The Morgan fingerprint density at radius 1 is 1.18 bits per heavy atom. The van der Waals surface area contributed by atoms with Crippen LogP contribution in [0.1, 0.15) is 19.5 Å². The van der Waals surface area contributed by atoms with Crippen LogP contribution in [0.15, 0.2) is 36.7 Å². The first kappa shape index (κ1) is 19.7. The number of hydrogen-bond donors (Lipinski definition) is 0. The summed E-state index contributed by atoms with van der Waals surface area (Å²) >= 11 is 5.85. The molecule has 0 saturated carbocycles. The van der Waals surface area contributed by atoms with Crippen molar-refractivity contribution in [2.24, 2.45) is 0 Å². The molecule has 3 rings (SSSR count). The lowest BCUT2D eigenvalue weighted by molar-refractivity contribution is -0.0497. The van der Waals surface area contributed by atoms with Crippen molar-refractivity contribution < 1.29 is 23.0 Å². The zero-order valence-corrected chi connectivity index (χ0v) is 15.7. The van der Waals surface area contributed by atoms with Crippen LogP contribution in [0, 0.1) is 0 Å². The van der Waals surface area contributed by atoms with Gasteiger partial charge < -0.3 is 14.2 Å². The summed E-state index contributed by atoms with van der Waals surface area (Å²) in [5.74, 6) is 0.245. The Labute approximate surface area is 164 Å². The standard InChI is InChI=1S/C17H16ClF2N5O3/c1-10(2)27-15-5-6-21-17(22-15)26-9-11-8-25(24-23-11)12-3-4-13(18)14(7-12)28-16(19)20/h3-8,10,16H,9H2,1-2H3. The van der Waals surface area contributed by atoms with E-state index < -0.39 is 6.61 Å². The highest BCUT2D eigenvalue weighted by Crippen LogP contribution is 2.28. The van der Waals surface area contributed by atoms with Crippen molar-refractivity contribution in [1.82, 2.24) is 25.0 Å². The molecule has 0 aliphatic rings. The largest absolute Gasteiger partial charge is 0.475 e. The SMILES string of the molecule is CC(C)Oc1ccnc(OCc2cn(-c3ccc(Cl)c(OC(F)F)c3)nn2)n1. The monoisotopic (exact) mass is 411 g/mol. The summed E-state index contributed by atoms with van der Waals surface area (Å²) in [4.78, 5) is 8.13. The van der Waals surface area contributed by atoms with Crippen molar-refractivity contribution in [3.63, 3.8) is 0 Å². The number of benzene rings is 1. The molecular formula is C17H16ClF2N5O3. The number of hydrogen-bond acceptors (Lipinski definition) is 7. The van der Waals surface area contributed by atoms with Crippen molar-refractivity contribution >= 4 is 11.6 Å². The van der Waals surface area contributed by atoms with Crippen molar-refractivity contribution in [2.75, 3.05) is 0 Å². The van der Waals surface area contributed by atoms with E-state index in [1.54, 1.807) is 18.3 Å². The van der Waals surface area contributed by atoms with Crippen LogP contribution in [0.5, 0.6) is 17.6 Å². The van der Waals surface area contributed by atoms with Crippen LogP contribution in [-0.2, 0) is 6.61 Å². The molecule has 0 bridgehead atoms. The minimum absolute atomic E-state index is 0.0269. The highest BCUT2D eigenvalue weighted by Gasteiger charge is 2.12. The maximum Gasteiger partial charge on any atom is 0.387 e. The van der Waals surface area contributed by atoms with Gasteiger partial charge in [0.1, 0.15) is 18.1 Å². The van der Waals surface area contributed by atoms with Gasteiger partial charge in [0.15, 0.2) is 0 Å². The summed E-state index contributed by atoms with van der Waals surface area (Å²) in [5, 5.41) is 7.97. The fourth-order valence-electron chi connectivity index (χ4n) is 2.15. The smallest absolute Gasteiger partial charge is 0.387 e. The van der Waals surface area contributed by atoms with Crippen LogP contribution in [0.3, 0.4) is 0 Å². The summed E-state index contributed by atoms with van der Waals surface area (Å²) in [5.41, 5.74) is 0.924. The molecule has 148 valence electrons. The first-order chi connectivity index (χ1) is 13.4. The molecule has 0 saturated heterocycles. The van der Waals surface area contributed by atoms with Gasteiger partial charge in [0.25, 0.3) is 0 Å². The lowest BCUT2D eigenvalue weighted by Crippen LogP contribution is -2.08. The van der Waals surface area contributed by atoms with E-state index in [1.807, 2.05) is 13.8 Å². The molecule has 2 aromatic heterocycles. The second-order valence-electron chi connectivity index (χ2n) is 5.78. The number of nitrogens with zero attached hydrogens (tertiary/aromatic N) is 5. The summed E-state index contributed by atoms with van der Waals surface area (Å²) in [7, 11) is 0. The van der Waals surface area contributed by atoms with Crippen molar-refractivity contribution in [1.29, 1.82) is 0 Å². The topological polar surface area (TPSA) is 84.2 Å². The molecule has 0 amide bonds. The van der Waals surface area contributed by atoms with Crippen LogP contribution in [0.2, 0.25) is 5.02 Å². The molecule has 0 N–H and O–H groups in total. The van der Waals surface area contributed by atoms with Gasteiger partial charge in [0, 0.05) is 18.3 Å². The van der Waals surface area contributed by atoms with Gasteiger partial charge in [-0.2, -0.15) is 13.8 Å². The normalized spacial score (nSPS) is 11.1. The molecule has 8 nitrogen and oxygen atoms in total. The number of alkyl halides is 2. The predicted molar refractivity (Wildman–Crippen MR) is 95.1 cm³/mol. The average molecular weight is 412 g/mol. The highest BCUT2D eigenvalue weighted by atomic mass is 35.5. The van der Waals surface area contributed by atoms with Crippen molar-refractivity contribution in [3.8, 4) is 23.3 Å². The Morgan fingerprint density at radius 2 is 2.00 bits per heavy atom. The number of rotatable bonds is 8. The first-order valence-corrected chi connectivity index (χ1v) is 8.57. The fourth-order valence-corrected chi connectivity index (χ4v) is 2.31. The second-order valence-corrected chi connectivity index (χ2v) is 6.19. The molecule has 2 heterocycles. The molecule has 0 radical (unpaired) electrons. The third-order valence-corrected chi connectivity index (χ3v) is 3.56. The van der Waals surface area contributed by atoms with Gasteiger partial charge in [-0.25, -0.2) is 9.67 Å². The molecule has 0 aliphatic carbocycles. The zero-order valence-electron chi connectivity index (χ0n) is 14.9. The summed E-state index contributed by atoms with van der Waals surface area (Å²) < 4.78 is 41.6. The van der Waals surface area contributed by atoms with E-state index in [4.69, 9.17) is 21.1 Å². The second kappa shape index (κ2) is 8.79. The molecule has 11 heteroatoms. The molecule has 3 aromatic rings. The fraction of sp³-hybridized carbons (Fsp3) is 0.294. The van der Waals surface area contributed by atoms with Gasteiger partial charge in [-0.3, -0.25) is 0 Å². The minimum atomic E-state index is -2.98. The van der Waals surface area contributed by atoms with E-state index in [-0.39, 0.29) is 29.5 Å². The summed E-state index contributed by atoms with van der Waals surface area (Å²) in [6.45, 7) is 0.840. The zero-order chi connectivity index (χ0) is 20.1. The van der Waals surface area contributed by atoms with Gasteiger partial charge in [-0.05, 0) is 26.0 Å². The molecule has 0 fully saturated rings. The molecule has 0 unspecified atom stereocenters. The van der Waals surface area contributed by atoms with Crippen LogP contribution in [0.25, 0.3) is 5.69 Å². The third-order valence-electron chi connectivity index (χ3n) is 3.25. The van der Waals surface area contributed by atoms with E-state index in [1.165, 1.54) is 23.0 Å². The van der Waals surface area contributed by atoms with E-state index in [0.717, 1.165) is 0 Å². The van der Waals surface area contributed by atoms with E-state index in [2.05, 4.69) is 25.0 Å². The van der Waals surface area contributed by atoms with Gasteiger partial charge in [-0.1, -0.05) is 16.8 Å². The average Bonchev–Trinajstić information content (AvgIpc) is 3.10. The quantitative estimate of drug-likeness (QED) is 0.559. The predicted octanol–water partition coefficient (Wildman–Crippen LogP) is 3.68. The lowest BCUT2D eigenvalue weighted by Gasteiger charge is -2.09. The Kier molecular flexibility index (Phi) is 6.19. The van der Waals surface area contributed by atoms with Crippen molar-refractivity contribution in [2.45, 2.75) is 33.2 Å². The van der Waals surface area contributed by atoms with Gasteiger partial charge in [-0.15, -0.1) is 5.10 Å². The van der Waals surface area contributed by atoms with Gasteiger partial charge >= 0.3 is 12.6 Å². The molecule has 0 aliphatic heterocycles. The Morgan fingerprint density at radius 3 is 2.75 bits per heavy atom. The molecule has 1 aromatic carbocycles. The van der Waals surface area contributed by atoms with E-state index in [9.17, 15) is 8.78 Å². The third kappa shape index (κ3) is 5.26. The summed E-state index contributed by atoms with van der Waals surface area (Å²) in [6.07, 6.45) is 3.07. The van der Waals surface area contributed by atoms with E-state index in [0.29, 0.717) is 17.3 Å².